The van der Waals surface area contributed by atoms with E-state index >= 15 is 0 Å². The van der Waals surface area contributed by atoms with Crippen molar-refractivity contribution in [3.05, 3.63) is 328 Å². The van der Waals surface area contributed by atoms with Crippen molar-refractivity contribution >= 4 is 89.8 Å². The molecule has 13 rings (SSSR count). The number of anilines is 12. The van der Waals surface area contributed by atoms with E-state index in [1.807, 2.05) is 0 Å². The Morgan fingerprint density at radius 3 is 0.551 bits per heavy atom. The fourth-order valence-electron chi connectivity index (χ4n) is 11.1. The first-order valence-electron chi connectivity index (χ1n) is 26.6. The van der Waals surface area contributed by atoms with Gasteiger partial charge in [-0.25, -0.2) is 0 Å². The first kappa shape index (κ1) is 47.3. The summed E-state index contributed by atoms with van der Waals surface area (Å²) < 4.78 is 0. The third-order valence-corrected chi connectivity index (χ3v) is 14.5. The van der Waals surface area contributed by atoms with Crippen molar-refractivity contribution in [1.82, 2.24) is 0 Å². The standard InChI is InChI=1S/C74H54N4/c1-9-25-57(26-10-1)75(58-27-11-2-12-28-58)65-45-41-55(42-46-65)73-69-51-49-67(77(61-33-17-5-18-34-61)62-35-19-6-20-36-62)53-71(69)74(56-43-47-66(48-44-56)76(59-29-13-3-14-30-59)60-31-15-4-16-32-60)72-54-68(50-52-70(72)73)78(63-37-21-7-22-38-63)64-39-23-8-24-40-64/h1-54H. The van der Waals surface area contributed by atoms with Gasteiger partial charge in [-0.15, -0.1) is 0 Å². The number of hydrogen-bond acceptors (Lipinski definition) is 4. The second-order valence-corrected chi connectivity index (χ2v) is 19.3. The van der Waals surface area contributed by atoms with Crippen LogP contribution in [0.4, 0.5) is 68.2 Å². The molecule has 0 unspecified atom stereocenters. The van der Waals surface area contributed by atoms with Crippen molar-refractivity contribution in [2.75, 3.05) is 19.6 Å². The molecule has 0 spiro atoms. The number of hydrogen-bond donors (Lipinski definition) is 0. The zero-order chi connectivity index (χ0) is 52.0. The number of benzene rings is 13. The molecule has 370 valence electrons. The van der Waals surface area contributed by atoms with E-state index < -0.39 is 0 Å². The summed E-state index contributed by atoms with van der Waals surface area (Å²) >= 11 is 0. The molecule has 0 aliphatic heterocycles. The lowest BCUT2D eigenvalue weighted by molar-refractivity contribution is 1.28. The van der Waals surface area contributed by atoms with Crippen LogP contribution in [0, 0.1) is 0 Å². The maximum Gasteiger partial charge on any atom is 0.0468 e. The van der Waals surface area contributed by atoms with E-state index in [0.29, 0.717) is 0 Å². The summed E-state index contributed by atoms with van der Waals surface area (Å²) in [5.41, 5.74) is 17.6. The summed E-state index contributed by atoms with van der Waals surface area (Å²) in [5, 5.41) is 4.61. The molecule has 0 atom stereocenters. The van der Waals surface area contributed by atoms with Gasteiger partial charge in [0.25, 0.3) is 0 Å². The van der Waals surface area contributed by atoms with Gasteiger partial charge in [0.05, 0.1) is 0 Å². The Kier molecular flexibility index (Phi) is 13.0. The lowest BCUT2D eigenvalue weighted by Gasteiger charge is -2.28. The summed E-state index contributed by atoms with van der Waals surface area (Å²) in [7, 11) is 0. The summed E-state index contributed by atoms with van der Waals surface area (Å²) in [6.45, 7) is 0. The van der Waals surface area contributed by atoms with Crippen LogP contribution in [0.2, 0.25) is 0 Å². The van der Waals surface area contributed by atoms with Crippen LogP contribution in [0.1, 0.15) is 0 Å². The molecule has 13 aromatic rings. The second-order valence-electron chi connectivity index (χ2n) is 19.3. The monoisotopic (exact) mass is 998 g/mol. The predicted molar refractivity (Wildman–Crippen MR) is 331 cm³/mol. The maximum absolute atomic E-state index is 2.42. The van der Waals surface area contributed by atoms with Crippen LogP contribution in [-0.2, 0) is 0 Å². The van der Waals surface area contributed by atoms with Crippen LogP contribution in [0.25, 0.3) is 43.8 Å². The average Bonchev–Trinajstić information content (AvgIpc) is 3.55. The Bertz CT molecular complexity index is 3790. The van der Waals surface area contributed by atoms with Gasteiger partial charge in [0, 0.05) is 68.2 Å². The largest absolute Gasteiger partial charge is 0.311 e. The number of fused-ring (bicyclic) bond motifs is 2. The maximum atomic E-state index is 2.42. The molecule has 4 heteroatoms. The molecule has 0 aromatic heterocycles. The van der Waals surface area contributed by atoms with Crippen LogP contribution < -0.4 is 19.6 Å². The number of para-hydroxylation sites is 8. The molecule has 0 fully saturated rings. The highest BCUT2D eigenvalue weighted by molar-refractivity contribution is 6.23. The second kappa shape index (κ2) is 21.4. The molecule has 4 nitrogen and oxygen atoms in total. The van der Waals surface area contributed by atoms with Gasteiger partial charge in [0.15, 0.2) is 0 Å². The molecule has 0 heterocycles. The van der Waals surface area contributed by atoms with Crippen molar-refractivity contribution in [2.24, 2.45) is 0 Å². The normalized spacial score (nSPS) is 11.1. The molecule has 13 aromatic carbocycles. The number of rotatable bonds is 14. The molecule has 0 aliphatic rings. The van der Waals surface area contributed by atoms with E-state index in [9.17, 15) is 0 Å². The minimum Gasteiger partial charge on any atom is -0.311 e. The van der Waals surface area contributed by atoms with E-state index in [1.165, 1.54) is 5.56 Å². The fourth-order valence-corrected chi connectivity index (χ4v) is 11.1. The van der Waals surface area contributed by atoms with Crippen LogP contribution in [0.3, 0.4) is 0 Å². The Hall–Kier alpha value is -10.4. The van der Waals surface area contributed by atoms with E-state index in [1.54, 1.807) is 0 Å². The third kappa shape index (κ3) is 9.29. The van der Waals surface area contributed by atoms with E-state index in [-0.39, 0.29) is 0 Å². The average molecular weight is 999 g/mol. The van der Waals surface area contributed by atoms with Crippen LogP contribution in [0.15, 0.2) is 328 Å². The Balaban J connectivity index is 1.09. The minimum absolute atomic E-state index is 1.06. The summed E-state index contributed by atoms with van der Waals surface area (Å²) in [6, 6.07) is 118. The van der Waals surface area contributed by atoms with Crippen molar-refractivity contribution in [1.29, 1.82) is 0 Å². The Morgan fingerprint density at radius 1 is 0.141 bits per heavy atom. The summed E-state index contributed by atoms with van der Waals surface area (Å²) in [5.74, 6) is 0. The first-order chi connectivity index (χ1) is 38.7. The molecule has 0 saturated carbocycles. The highest BCUT2D eigenvalue weighted by Gasteiger charge is 2.23. The van der Waals surface area contributed by atoms with Crippen molar-refractivity contribution in [3.8, 4) is 22.3 Å². The van der Waals surface area contributed by atoms with Gasteiger partial charge in [-0.2, -0.15) is 0 Å². The van der Waals surface area contributed by atoms with Crippen LogP contribution in [-0.4, -0.2) is 0 Å². The summed E-state index contributed by atoms with van der Waals surface area (Å²) in [6.07, 6.45) is 0. The topological polar surface area (TPSA) is 13.0 Å². The van der Waals surface area contributed by atoms with Gasteiger partial charge >= 0.3 is 0 Å². The molecule has 0 saturated heterocycles. The third-order valence-electron chi connectivity index (χ3n) is 14.5. The van der Waals surface area contributed by atoms with Gasteiger partial charge in [-0.05, 0) is 189 Å². The van der Waals surface area contributed by atoms with Crippen LogP contribution in [0.5, 0.6) is 0 Å². The van der Waals surface area contributed by atoms with Crippen molar-refractivity contribution in [3.63, 3.8) is 0 Å². The molecule has 0 aliphatic carbocycles. The lowest BCUT2D eigenvalue weighted by Crippen LogP contribution is -2.10. The van der Waals surface area contributed by atoms with E-state index in [0.717, 1.165) is 106 Å². The first-order valence-corrected chi connectivity index (χ1v) is 26.6. The minimum atomic E-state index is 1.06. The molecular weight excluding hydrogens is 945 g/mol. The quantitative estimate of drug-likeness (QED) is 0.101. The fraction of sp³-hybridized carbons (Fsp3) is 0. The molecule has 0 radical (unpaired) electrons. The lowest BCUT2D eigenvalue weighted by atomic mass is 9.85. The number of nitrogens with zero attached hydrogens (tertiary/aromatic N) is 4. The highest BCUT2D eigenvalue weighted by Crippen LogP contribution is 2.49. The van der Waals surface area contributed by atoms with Crippen molar-refractivity contribution in [2.45, 2.75) is 0 Å². The molecular formula is C74H54N4. The van der Waals surface area contributed by atoms with Gasteiger partial charge in [0.1, 0.15) is 0 Å². The molecule has 78 heavy (non-hydrogen) atoms. The van der Waals surface area contributed by atoms with Gasteiger partial charge in [0.2, 0.25) is 0 Å². The highest BCUT2D eigenvalue weighted by atomic mass is 15.2. The molecule has 0 amide bonds. The predicted octanol–water partition coefficient (Wildman–Crippen LogP) is 21.2. The SMILES string of the molecule is c1ccc(N(c2ccccc2)c2ccc(-c3c4ccc(N(c5ccccc5)c5ccccc5)cc4c(-c4ccc(N(c5ccccc5)c5ccccc5)cc4)c4cc(N(c5ccccc5)c5ccccc5)ccc34)cc2)cc1. The zero-order valence-corrected chi connectivity index (χ0v) is 43.0. The van der Waals surface area contributed by atoms with Crippen LogP contribution >= 0.6 is 0 Å². The van der Waals surface area contributed by atoms with Gasteiger partial charge in [-0.3, -0.25) is 0 Å². The van der Waals surface area contributed by atoms with E-state index in [4.69, 9.17) is 0 Å². The smallest absolute Gasteiger partial charge is 0.0468 e. The van der Waals surface area contributed by atoms with Crippen molar-refractivity contribution < 1.29 is 0 Å². The molecule has 0 N–H and O–H groups in total. The van der Waals surface area contributed by atoms with Gasteiger partial charge < -0.3 is 19.6 Å². The zero-order valence-electron chi connectivity index (χ0n) is 43.0. The Morgan fingerprint density at radius 2 is 0.321 bits per heavy atom. The summed E-state index contributed by atoms with van der Waals surface area (Å²) in [4.78, 5) is 9.39. The van der Waals surface area contributed by atoms with E-state index in [2.05, 4.69) is 347 Å². The van der Waals surface area contributed by atoms with Gasteiger partial charge in [-0.1, -0.05) is 182 Å². The Labute approximate surface area is 456 Å². The molecule has 0 bridgehead atoms.